The maximum absolute atomic E-state index is 13.6. The van der Waals surface area contributed by atoms with Crippen LogP contribution in [-0.2, 0) is 21.5 Å². The first-order chi connectivity index (χ1) is 17.9. The minimum absolute atomic E-state index is 0.0636. The van der Waals surface area contributed by atoms with E-state index in [9.17, 15) is 14.7 Å². The molecule has 2 N–H and O–H groups in total. The Bertz CT molecular complexity index is 1310. The topological polar surface area (TPSA) is 109 Å². The van der Waals surface area contributed by atoms with Crippen LogP contribution in [-0.4, -0.2) is 50.7 Å². The molecule has 8 nitrogen and oxygen atoms in total. The van der Waals surface area contributed by atoms with Gasteiger partial charge in [0, 0.05) is 25.6 Å². The SMILES string of the molecule is Cc1cc([C@H](C(=O)N2C[C@H](O)C[C@H]2C(=O)NCc2ccc(-c3scnc3C)cc2C(C)(C)C)C(C)C)on1. The molecule has 9 heteroatoms. The van der Waals surface area contributed by atoms with Crippen molar-refractivity contribution >= 4 is 23.2 Å². The number of carbonyl (C=O) groups is 2. The van der Waals surface area contributed by atoms with Gasteiger partial charge >= 0.3 is 0 Å². The number of amides is 2. The number of aliphatic hydroxyl groups is 1. The van der Waals surface area contributed by atoms with Crippen molar-refractivity contribution in [3.63, 3.8) is 0 Å². The fraction of sp³-hybridized carbons (Fsp3) is 0.517. The van der Waals surface area contributed by atoms with Crippen LogP contribution in [0.5, 0.6) is 0 Å². The highest BCUT2D eigenvalue weighted by atomic mass is 32.1. The first-order valence-corrected chi connectivity index (χ1v) is 14.0. The predicted octanol–water partition coefficient (Wildman–Crippen LogP) is 4.73. The maximum Gasteiger partial charge on any atom is 0.243 e. The van der Waals surface area contributed by atoms with Gasteiger partial charge in [-0.1, -0.05) is 51.9 Å². The second-order valence-electron chi connectivity index (χ2n) is 11.6. The summed E-state index contributed by atoms with van der Waals surface area (Å²) in [4.78, 5) is 34.1. The van der Waals surface area contributed by atoms with E-state index in [2.05, 4.69) is 54.4 Å². The Morgan fingerprint density at radius 2 is 1.97 bits per heavy atom. The van der Waals surface area contributed by atoms with Crippen molar-refractivity contribution in [3.05, 3.63) is 58.1 Å². The van der Waals surface area contributed by atoms with Crippen molar-refractivity contribution in [2.45, 2.75) is 84.9 Å². The zero-order valence-corrected chi connectivity index (χ0v) is 24.1. The Hall–Kier alpha value is -3.04. The van der Waals surface area contributed by atoms with Gasteiger partial charge in [-0.05, 0) is 47.9 Å². The number of aliphatic hydroxyl groups excluding tert-OH is 1. The third kappa shape index (κ3) is 5.83. The highest BCUT2D eigenvalue weighted by molar-refractivity contribution is 7.13. The van der Waals surface area contributed by atoms with Crippen LogP contribution >= 0.6 is 11.3 Å². The van der Waals surface area contributed by atoms with Crippen molar-refractivity contribution in [1.82, 2.24) is 20.4 Å². The fourth-order valence-corrected chi connectivity index (χ4v) is 6.00. The number of aromatic nitrogens is 2. The molecule has 4 rings (SSSR count). The quantitative estimate of drug-likeness (QED) is 0.450. The lowest BCUT2D eigenvalue weighted by atomic mass is 9.82. The largest absolute Gasteiger partial charge is 0.391 e. The lowest BCUT2D eigenvalue weighted by Gasteiger charge is -2.29. The zero-order valence-electron chi connectivity index (χ0n) is 23.2. The van der Waals surface area contributed by atoms with Gasteiger partial charge in [-0.15, -0.1) is 11.3 Å². The van der Waals surface area contributed by atoms with Crippen molar-refractivity contribution < 1.29 is 19.2 Å². The molecule has 1 fully saturated rings. The number of likely N-dealkylation sites (tertiary alicyclic amines) is 1. The van der Waals surface area contributed by atoms with E-state index in [0.29, 0.717) is 18.0 Å². The summed E-state index contributed by atoms with van der Waals surface area (Å²) in [7, 11) is 0. The second-order valence-corrected chi connectivity index (χ2v) is 12.4. The molecule has 0 bridgehead atoms. The number of thiazole rings is 1. The summed E-state index contributed by atoms with van der Waals surface area (Å²) in [5, 5.41) is 17.4. The van der Waals surface area contributed by atoms with Crippen LogP contribution in [0.2, 0.25) is 0 Å². The molecule has 0 saturated carbocycles. The second kappa shape index (κ2) is 11.0. The van der Waals surface area contributed by atoms with E-state index in [1.165, 1.54) is 4.90 Å². The molecule has 1 aromatic carbocycles. The summed E-state index contributed by atoms with van der Waals surface area (Å²) in [6.45, 7) is 14.6. The molecule has 3 heterocycles. The first kappa shape index (κ1) is 28.0. The van der Waals surface area contributed by atoms with Gasteiger partial charge in [-0.3, -0.25) is 9.59 Å². The third-order valence-corrected chi connectivity index (χ3v) is 8.11. The molecule has 0 aliphatic carbocycles. The van der Waals surface area contributed by atoms with Crippen molar-refractivity contribution in [2.75, 3.05) is 6.54 Å². The van der Waals surface area contributed by atoms with E-state index in [-0.39, 0.29) is 36.1 Å². The predicted molar refractivity (Wildman–Crippen MR) is 148 cm³/mol. The van der Waals surface area contributed by atoms with E-state index >= 15 is 0 Å². The molecular weight excluding hydrogens is 500 g/mol. The van der Waals surface area contributed by atoms with Gasteiger partial charge in [0.25, 0.3) is 0 Å². The monoisotopic (exact) mass is 538 g/mol. The van der Waals surface area contributed by atoms with E-state index in [0.717, 1.165) is 27.3 Å². The van der Waals surface area contributed by atoms with E-state index in [1.807, 2.05) is 33.2 Å². The molecule has 0 radical (unpaired) electrons. The number of aryl methyl sites for hydroxylation is 2. The molecule has 1 aliphatic heterocycles. The number of rotatable bonds is 7. The molecule has 0 spiro atoms. The summed E-state index contributed by atoms with van der Waals surface area (Å²) >= 11 is 1.62. The molecule has 1 saturated heterocycles. The van der Waals surface area contributed by atoms with Gasteiger partial charge in [-0.2, -0.15) is 0 Å². The van der Waals surface area contributed by atoms with Crippen LogP contribution in [0.1, 0.15) is 75.2 Å². The van der Waals surface area contributed by atoms with Gasteiger partial charge in [0.2, 0.25) is 11.8 Å². The average Bonchev–Trinajstić information content (AvgIpc) is 3.56. The number of hydrogen-bond acceptors (Lipinski definition) is 7. The number of carbonyl (C=O) groups excluding carboxylic acids is 2. The summed E-state index contributed by atoms with van der Waals surface area (Å²) in [6.07, 6.45) is -0.556. The Kier molecular flexibility index (Phi) is 8.09. The molecule has 204 valence electrons. The van der Waals surface area contributed by atoms with Crippen molar-refractivity contribution in [1.29, 1.82) is 0 Å². The molecule has 3 atom stereocenters. The van der Waals surface area contributed by atoms with Crippen molar-refractivity contribution in [2.24, 2.45) is 5.92 Å². The molecule has 0 unspecified atom stereocenters. The number of β-amino-alcohol motifs (C(OH)–C–C–N with tert-alkyl or cyclic N) is 1. The Balaban J connectivity index is 1.53. The fourth-order valence-electron chi connectivity index (χ4n) is 5.20. The lowest BCUT2D eigenvalue weighted by molar-refractivity contribution is -0.141. The van der Waals surface area contributed by atoms with Gasteiger partial charge in [0.15, 0.2) is 0 Å². The number of nitrogens with zero attached hydrogens (tertiary/aromatic N) is 3. The highest BCUT2D eigenvalue weighted by Gasteiger charge is 2.43. The van der Waals surface area contributed by atoms with Gasteiger partial charge in [-0.25, -0.2) is 4.98 Å². The number of nitrogens with one attached hydrogen (secondary N) is 1. The summed E-state index contributed by atoms with van der Waals surface area (Å²) < 4.78 is 5.42. The van der Waals surface area contributed by atoms with Crippen molar-refractivity contribution in [3.8, 4) is 10.4 Å². The molecule has 3 aromatic rings. The summed E-state index contributed by atoms with van der Waals surface area (Å²) in [5.74, 6) is -0.659. The molecular formula is C29H38N4O4S. The summed E-state index contributed by atoms with van der Waals surface area (Å²) in [6, 6.07) is 7.32. The van der Waals surface area contributed by atoms with Crippen LogP contribution in [0.4, 0.5) is 0 Å². The van der Waals surface area contributed by atoms with Gasteiger partial charge in [0.1, 0.15) is 17.7 Å². The third-order valence-electron chi connectivity index (χ3n) is 7.13. The standard InChI is InChI=1S/C29H38N4O4S/c1-16(2)25(24-10-17(3)32-37-24)28(36)33-14-21(34)12-23(33)27(35)30-13-20-9-8-19(11-22(20)29(5,6)7)26-18(4)31-15-38-26/h8-11,15-16,21,23,25,34H,12-14H2,1-7H3,(H,30,35)/t21-,23+,25-/m1/s1. The van der Waals surface area contributed by atoms with Crippen LogP contribution in [0.3, 0.4) is 0 Å². The number of benzene rings is 1. The van der Waals surface area contributed by atoms with Crippen LogP contribution in [0, 0.1) is 19.8 Å². The molecule has 1 aliphatic rings. The first-order valence-electron chi connectivity index (χ1n) is 13.1. The van der Waals surface area contributed by atoms with E-state index < -0.39 is 18.1 Å². The normalized spacial score (nSPS) is 18.7. The van der Waals surface area contributed by atoms with Crippen LogP contribution in [0.15, 0.2) is 34.3 Å². The minimum atomic E-state index is -0.758. The van der Waals surface area contributed by atoms with Gasteiger partial charge < -0.3 is 19.8 Å². The summed E-state index contributed by atoms with van der Waals surface area (Å²) in [5.41, 5.74) is 6.68. The Morgan fingerprint density at radius 1 is 1.24 bits per heavy atom. The number of hydrogen-bond donors (Lipinski definition) is 2. The van der Waals surface area contributed by atoms with E-state index in [1.54, 1.807) is 17.4 Å². The van der Waals surface area contributed by atoms with Gasteiger partial charge in [0.05, 0.1) is 27.9 Å². The zero-order chi connectivity index (χ0) is 27.8. The van der Waals surface area contributed by atoms with E-state index in [4.69, 9.17) is 4.52 Å². The van der Waals surface area contributed by atoms with Crippen LogP contribution in [0.25, 0.3) is 10.4 Å². The average molecular weight is 539 g/mol. The lowest BCUT2D eigenvalue weighted by Crippen LogP contribution is -2.48. The minimum Gasteiger partial charge on any atom is -0.391 e. The maximum atomic E-state index is 13.6. The molecule has 2 amide bonds. The molecule has 2 aromatic heterocycles. The Morgan fingerprint density at radius 3 is 2.55 bits per heavy atom. The Labute approximate surface area is 228 Å². The van der Waals surface area contributed by atoms with Crippen LogP contribution < -0.4 is 5.32 Å². The highest BCUT2D eigenvalue weighted by Crippen LogP contribution is 2.34. The molecule has 38 heavy (non-hydrogen) atoms. The smallest absolute Gasteiger partial charge is 0.243 e.